The van der Waals surface area contributed by atoms with Gasteiger partial charge in [0.2, 0.25) is 5.91 Å². The van der Waals surface area contributed by atoms with Crippen LogP contribution in [0.4, 0.5) is 23.3 Å². The maximum atomic E-state index is 13.0. The number of hydrogen-bond donors (Lipinski definition) is 9. The Morgan fingerprint density at radius 3 is 0.886 bits per heavy atom. The highest BCUT2D eigenvalue weighted by Crippen LogP contribution is 2.42. The first-order valence-electron chi connectivity index (χ1n) is 43.1. The summed E-state index contributed by atoms with van der Waals surface area (Å²) in [5.74, 6) is -1.46. The van der Waals surface area contributed by atoms with Crippen LogP contribution in [0.15, 0.2) is 195 Å². The Morgan fingerprint density at radius 2 is 0.614 bits per heavy atom. The third-order valence-electron chi connectivity index (χ3n) is 23.7. The fraction of sp³-hybridized carbons (Fsp3) is 0.247. The molecule has 1 saturated heterocycles. The quantitative estimate of drug-likeness (QED) is 0.0253. The van der Waals surface area contributed by atoms with E-state index in [1.807, 2.05) is 146 Å². The summed E-state index contributed by atoms with van der Waals surface area (Å²) in [7, 11) is 1.77. The van der Waals surface area contributed by atoms with Gasteiger partial charge in [0.05, 0.1) is 145 Å². The number of fused-ring (bicyclic) bond motifs is 4. The molecule has 4 fully saturated rings. The van der Waals surface area contributed by atoms with Gasteiger partial charge in [-0.15, -0.1) is 0 Å². The number of halogens is 4. The summed E-state index contributed by atoms with van der Waals surface area (Å²) < 4.78 is 22.1. The number of nitrogens with one attached hydrogen (secondary N) is 4. The first-order valence-corrected chi connectivity index (χ1v) is 44.6. The number of aliphatic hydroxyl groups excluding tert-OH is 1. The van der Waals surface area contributed by atoms with Crippen molar-refractivity contribution >= 4 is 143 Å². The molecule has 132 heavy (non-hydrogen) atoms. The zero-order valence-corrected chi connectivity index (χ0v) is 74.4. The van der Waals surface area contributed by atoms with Crippen molar-refractivity contribution in [2.45, 2.75) is 89.6 Å². The first kappa shape index (κ1) is 89.6. The van der Waals surface area contributed by atoms with E-state index >= 15 is 0 Å². The molecular weight excluding hydrogens is 1760 g/mol. The molecule has 0 spiro atoms. The summed E-state index contributed by atoms with van der Waals surface area (Å²) in [4.78, 5) is 102. The molecule has 4 aliphatic rings. The van der Waals surface area contributed by atoms with E-state index in [4.69, 9.17) is 88.3 Å². The number of H-pyrrole nitrogens is 4. The fourth-order valence-corrected chi connectivity index (χ4v) is 17.6. The van der Waals surface area contributed by atoms with Crippen molar-refractivity contribution in [2.24, 2.45) is 23.7 Å². The number of ether oxygens (including phenoxy) is 4. The number of carbonyl (C=O) groups excluding carboxylic acids is 5. The van der Waals surface area contributed by atoms with Gasteiger partial charge < -0.3 is 51.9 Å². The van der Waals surface area contributed by atoms with Gasteiger partial charge in [-0.05, 0) is 111 Å². The number of aromatic nitrogens is 16. The van der Waals surface area contributed by atoms with Crippen LogP contribution in [0.2, 0.25) is 20.1 Å². The zero-order valence-electron chi connectivity index (χ0n) is 71.3. The molecule has 8 aromatic carbocycles. The van der Waals surface area contributed by atoms with Crippen molar-refractivity contribution in [3.8, 4) is 90.1 Å². The van der Waals surface area contributed by atoms with Crippen LogP contribution >= 0.6 is 46.4 Å². The number of benzene rings is 8. The van der Waals surface area contributed by atoms with Gasteiger partial charge in [-0.1, -0.05) is 200 Å². The van der Waals surface area contributed by atoms with Crippen molar-refractivity contribution in [1.29, 1.82) is 0 Å². The number of carbonyl (C=O) groups is 5. The van der Waals surface area contributed by atoms with Crippen LogP contribution in [0.5, 0.6) is 0 Å². The number of rotatable bonds is 20. The van der Waals surface area contributed by atoms with Gasteiger partial charge in [0.1, 0.15) is 0 Å². The van der Waals surface area contributed by atoms with Crippen LogP contribution < -0.4 is 22.9 Å². The highest BCUT2D eigenvalue weighted by molar-refractivity contribution is 6.37. The molecule has 1 aliphatic heterocycles. The largest absolute Gasteiger partial charge is 0.461 e. The molecule has 8 aromatic heterocycles. The Bertz CT molecular complexity index is 6950. The van der Waals surface area contributed by atoms with E-state index in [-0.39, 0.29) is 83.1 Å². The third kappa shape index (κ3) is 20.3. The number of aliphatic hydroxyl groups is 1. The molecule has 670 valence electrons. The van der Waals surface area contributed by atoms with E-state index < -0.39 is 23.9 Å². The Labute approximate surface area is 775 Å². The molecule has 1 amide bonds. The Hall–Kier alpha value is -14.4. The van der Waals surface area contributed by atoms with Gasteiger partial charge in [0, 0.05) is 92.0 Å². The van der Waals surface area contributed by atoms with E-state index in [1.165, 1.54) is 32.1 Å². The number of nitrogens with two attached hydrogens (primary N) is 4. The van der Waals surface area contributed by atoms with Crippen LogP contribution in [0.1, 0.15) is 125 Å². The van der Waals surface area contributed by atoms with Crippen LogP contribution in [-0.4, -0.2) is 167 Å². The van der Waals surface area contributed by atoms with E-state index in [0.29, 0.717) is 150 Å². The topological polar surface area (TPSA) is 468 Å². The van der Waals surface area contributed by atoms with E-state index in [1.54, 1.807) is 61.0 Å². The number of esters is 4. The lowest BCUT2D eigenvalue weighted by atomic mass is 9.83. The predicted octanol–water partition coefficient (Wildman–Crippen LogP) is 18.7. The number of likely N-dealkylation sites (tertiary alicyclic amines) is 1. The summed E-state index contributed by atoms with van der Waals surface area (Å²) in [5, 5.41) is 42.3. The average molecular weight is 1850 g/mol. The van der Waals surface area contributed by atoms with Gasteiger partial charge in [-0.3, -0.25) is 25.2 Å². The van der Waals surface area contributed by atoms with Gasteiger partial charge in [0.25, 0.3) is 0 Å². The molecule has 13 N–H and O–H groups in total. The van der Waals surface area contributed by atoms with Crippen LogP contribution in [0, 0.1) is 23.7 Å². The smallest absolute Gasteiger partial charge is 0.360 e. The number of amides is 1. The molecular formula is C97H89Cl4N21O10. The minimum absolute atomic E-state index is 0.0123. The van der Waals surface area contributed by atoms with Gasteiger partial charge in [-0.25, -0.2) is 59.0 Å². The summed E-state index contributed by atoms with van der Waals surface area (Å²) in [5.41, 5.74) is 37.5. The molecule has 16 aromatic rings. The molecule has 9 heterocycles. The number of nitrogen functional groups attached to an aromatic ring is 4. The van der Waals surface area contributed by atoms with Crippen molar-refractivity contribution < 1.29 is 48.0 Å². The Morgan fingerprint density at radius 1 is 0.356 bits per heavy atom. The predicted molar refractivity (Wildman–Crippen MR) is 507 cm³/mol. The van der Waals surface area contributed by atoms with Crippen molar-refractivity contribution in [3.63, 3.8) is 0 Å². The molecule has 1 unspecified atom stereocenters. The van der Waals surface area contributed by atoms with Gasteiger partial charge in [-0.2, -0.15) is 20.4 Å². The van der Waals surface area contributed by atoms with Crippen molar-refractivity contribution in [1.82, 2.24) is 85.6 Å². The first-order chi connectivity index (χ1) is 64.1. The summed E-state index contributed by atoms with van der Waals surface area (Å²) in [6.07, 6.45) is 19.0. The number of hydrogen-bond acceptors (Lipinski definition) is 26. The number of anilines is 4. The second-order valence-corrected chi connectivity index (χ2v) is 34.6. The van der Waals surface area contributed by atoms with E-state index in [2.05, 4.69) is 80.7 Å². The average Bonchev–Trinajstić information content (AvgIpc) is 1.57. The lowest BCUT2D eigenvalue weighted by Crippen LogP contribution is -2.37. The van der Waals surface area contributed by atoms with E-state index in [0.717, 1.165) is 86.9 Å². The van der Waals surface area contributed by atoms with E-state index in [9.17, 15) is 29.1 Å². The minimum Gasteiger partial charge on any atom is -0.461 e. The zero-order chi connectivity index (χ0) is 91.6. The lowest BCUT2D eigenvalue weighted by Gasteiger charge is -2.30. The molecule has 35 heteroatoms. The summed E-state index contributed by atoms with van der Waals surface area (Å²) >= 11 is 25.9. The third-order valence-corrected chi connectivity index (χ3v) is 24.9. The highest BCUT2D eigenvalue weighted by Gasteiger charge is 2.33. The maximum absolute atomic E-state index is 13.0. The van der Waals surface area contributed by atoms with Gasteiger partial charge >= 0.3 is 23.9 Å². The number of aromatic amines is 4. The highest BCUT2D eigenvalue weighted by atomic mass is 35.5. The Balaban J connectivity index is 0.000000123. The second-order valence-electron chi connectivity index (χ2n) is 33.0. The monoisotopic (exact) mass is 1850 g/mol. The lowest BCUT2D eigenvalue weighted by molar-refractivity contribution is -0.134. The molecule has 0 radical (unpaired) electrons. The Kier molecular flexibility index (Phi) is 27.4. The summed E-state index contributed by atoms with van der Waals surface area (Å²) in [6.45, 7) is 1.71. The van der Waals surface area contributed by atoms with Crippen molar-refractivity contribution in [3.05, 3.63) is 238 Å². The molecule has 20 rings (SSSR count). The number of piperidine rings is 1. The maximum Gasteiger partial charge on any atom is 0.360 e. The molecule has 0 bridgehead atoms. The van der Waals surface area contributed by atoms with Crippen LogP contribution in [-0.2, 0) is 23.7 Å². The molecule has 3 saturated carbocycles. The minimum atomic E-state index is -0.683. The van der Waals surface area contributed by atoms with Crippen LogP contribution in [0.3, 0.4) is 0 Å². The molecule has 3 aliphatic carbocycles. The fourth-order valence-electron chi connectivity index (χ4n) is 16.6. The molecule has 1 atom stereocenters. The SMILES string of the molecule is CN1CCC(COC(=O)c2nc(-c3cc(Cl)c4[nH]ncc4c3)c(-c3ccccc3)nc2N)CC1=O.Nc1nc(-c2ccccc2)c(-c2cc(Cl)c3[nH]ncc3c2)nc1C(=O)OCC1CC(O)C1.Nc1nc(-c2ccccc2)c(-c2cc(Cl)c3[nH]ncc3c2)nc1C(=O)OCC1CCCC1.Nc1nc(-c2ccccc2)c(-c2cc(Cl)c3[nH]ncc3c2)nc1C(=O)OCC1CCCCC1. The van der Waals surface area contributed by atoms with Crippen LogP contribution in [0.25, 0.3) is 134 Å². The summed E-state index contributed by atoms with van der Waals surface area (Å²) in [6, 6.07) is 52.7. The van der Waals surface area contributed by atoms with Gasteiger partial charge in [0.15, 0.2) is 46.0 Å². The second kappa shape index (κ2) is 40.3. The molecule has 31 nitrogen and oxygen atoms in total. The normalized spacial score (nSPS) is 15.6. The van der Waals surface area contributed by atoms with Crippen molar-refractivity contribution in [2.75, 3.05) is 63.0 Å². The number of nitrogens with zero attached hydrogens (tertiary/aromatic N) is 13. The standard InChI is InChI=1S/C25H23ClN6O3.C25H24ClN5O2.C24H22ClN5O2.C23H20ClN5O3/c1-32-8-7-14(9-19(32)33)13-35-25(34)23-24(27)30-21(15-5-3-2-4-6-15)22(29-23)16-10-17-12-28-31-20(17)18(26)11-16;26-19-12-17(11-18-13-28-31-20(18)19)22-21(16-9-5-2-6-10-16)30-24(27)23(29-22)25(32)33-14-15-7-3-1-4-8-15;25-18-11-16(10-17-12-27-30-19(17)18)21-20(15-8-2-1-3-9-15)29-23(26)22(28-21)24(31)32-13-14-6-4-5-7-14;24-17-9-14(8-15-10-26-29-18(15)17)20-19(13-4-2-1-3-5-13)28-22(25)21(27-20)23(31)32-11-12-6-16(30)7-12/h2-6,10-12,14H,7-9,13H2,1H3,(H2,27,30)(H,28,31);2,5-6,9-13,15H,1,3-4,7-8,14H2,(H2,27,30)(H,28,31);1-3,8-12,14H,4-7,13H2,(H2,26,29)(H,27,30);1-5,8-10,12,16,30H,6-7,11H2,(H2,25,28)(H,26,29).